The van der Waals surface area contributed by atoms with Gasteiger partial charge in [0.15, 0.2) is 5.41 Å². The van der Waals surface area contributed by atoms with Gasteiger partial charge in [-0.3, -0.25) is 9.59 Å². The summed E-state index contributed by atoms with van der Waals surface area (Å²) in [6, 6.07) is 14.9. The number of rotatable bonds is 6. The van der Waals surface area contributed by atoms with Crippen molar-refractivity contribution in [3.05, 3.63) is 59.7 Å². The molecule has 0 amide bonds. The first kappa shape index (κ1) is 33.4. The van der Waals surface area contributed by atoms with Crippen LogP contribution in [0.3, 0.4) is 0 Å². The molecule has 11 aliphatic rings. The maximum Gasteiger partial charge on any atom is 0.325 e. The van der Waals surface area contributed by atoms with Gasteiger partial charge in [0.05, 0.1) is 10.9 Å². The Morgan fingerprint density at radius 3 is 1.75 bits per heavy atom. The lowest BCUT2D eigenvalue weighted by Crippen LogP contribution is -2.61. The molecule has 53 heavy (non-hydrogen) atoms. The van der Waals surface area contributed by atoms with Crippen molar-refractivity contribution in [1.29, 1.82) is 0 Å². The van der Waals surface area contributed by atoms with Crippen LogP contribution in [0.25, 0.3) is 0 Å². The predicted octanol–water partition coefficient (Wildman–Crippen LogP) is 6.89. The van der Waals surface area contributed by atoms with Crippen LogP contribution in [0.1, 0.15) is 88.2 Å². The van der Waals surface area contributed by atoms with Crippen LogP contribution in [0.4, 0.5) is 5.69 Å². The zero-order valence-electron chi connectivity index (χ0n) is 31.2. The second-order valence-corrected chi connectivity index (χ2v) is 21.4. The molecule has 282 valence electrons. The molecule has 3 unspecified atom stereocenters. The largest absolute Gasteiger partial charge is 0.461 e. The highest BCUT2D eigenvalue weighted by molar-refractivity contribution is 7.89. The van der Waals surface area contributed by atoms with Crippen LogP contribution in [-0.4, -0.2) is 63.0 Å². The van der Waals surface area contributed by atoms with Crippen LogP contribution < -0.4 is 4.90 Å². The molecule has 2 heterocycles. The summed E-state index contributed by atoms with van der Waals surface area (Å²) in [4.78, 5) is 33.6. The van der Waals surface area contributed by atoms with Gasteiger partial charge < -0.3 is 14.4 Å². The molecule has 3 atom stereocenters. The molecule has 8 nitrogen and oxygen atoms in total. The topological polar surface area (TPSA) is 93.2 Å². The number of sulfonamides is 1. The zero-order valence-corrected chi connectivity index (χ0v) is 32.0. The summed E-state index contributed by atoms with van der Waals surface area (Å²) in [5.41, 5.74) is 0.982. The maximum atomic E-state index is 15.6. The highest BCUT2D eigenvalue weighted by atomic mass is 32.2. The molecule has 2 aliphatic heterocycles. The number of hydrogen-bond acceptors (Lipinski definition) is 7. The third-order valence-electron chi connectivity index (χ3n) is 16.8. The van der Waals surface area contributed by atoms with E-state index in [0.29, 0.717) is 36.6 Å². The number of likely N-dealkylation sites (N-methyl/N-ethyl adjacent to an activating group) is 1. The number of anilines is 1. The van der Waals surface area contributed by atoms with Gasteiger partial charge in [0.1, 0.15) is 12.2 Å². The molecule has 0 radical (unpaired) electrons. The van der Waals surface area contributed by atoms with E-state index in [-0.39, 0.29) is 36.0 Å². The summed E-state index contributed by atoms with van der Waals surface area (Å²) in [7, 11) is -1.76. The number of carbonyl (C=O) groups excluding carboxylic acids is 2. The van der Waals surface area contributed by atoms with Crippen molar-refractivity contribution >= 4 is 27.6 Å². The molecule has 9 heteroatoms. The normalized spacial score (nSPS) is 44.5. The quantitative estimate of drug-likeness (QED) is 0.236. The van der Waals surface area contributed by atoms with Gasteiger partial charge in [-0.15, -0.1) is 0 Å². The van der Waals surface area contributed by atoms with Crippen LogP contribution in [0.5, 0.6) is 0 Å². The van der Waals surface area contributed by atoms with E-state index in [1.54, 1.807) is 16.4 Å². The van der Waals surface area contributed by atoms with Crippen molar-refractivity contribution < 1.29 is 27.5 Å². The fraction of sp³-hybridized carbons (Fsp3) is 0.682. The molecule has 10 fully saturated rings. The maximum absolute atomic E-state index is 15.6. The van der Waals surface area contributed by atoms with E-state index < -0.39 is 38.8 Å². The molecular weight excluding hydrogens is 685 g/mol. The summed E-state index contributed by atoms with van der Waals surface area (Å²) >= 11 is 0. The van der Waals surface area contributed by atoms with Gasteiger partial charge in [-0.25, -0.2) is 8.42 Å². The van der Waals surface area contributed by atoms with Crippen molar-refractivity contribution in [2.45, 2.75) is 113 Å². The third-order valence-corrected chi connectivity index (χ3v) is 18.7. The predicted molar refractivity (Wildman–Crippen MR) is 199 cm³/mol. The summed E-state index contributed by atoms with van der Waals surface area (Å²) in [5, 5.41) is 0. The Morgan fingerprint density at radius 1 is 0.717 bits per heavy atom. The molecule has 0 aromatic heterocycles. The number of esters is 2. The van der Waals surface area contributed by atoms with E-state index in [9.17, 15) is 8.42 Å². The number of ether oxygens (including phenoxy) is 2. The highest BCUT2D eigenvalue weighted by Gasteiger charge is 2.76. The monoisotopic (exact) mass is 738 g/mol. The Labute approximate surface area is 314 Å². The number of carbonyl (C=O) groups is 2. The number of piperidine rings is 1. The molecule has 8 bridgehead atoms. The Kier molecular flexibility index (Phi) is 7.29. The molecule has 2 aromatic rings. The van der Waals surface area contributed by atoms with Crippen LogP contribution in [0.15, 0.2) is 53.4 Å². The van der Waals surface area contributed by atoms with E-state index >= 15 is 9.59 Å². The fourth-order valence-electron chi connectivity index (χ4n) is 15.2. The SMILES string of the molecule is Cc1ccc(S(=O)(=O)N2CCC34c5ccccc5N(C)C3C(C(=O)OC3C5CC6CC(C5)CC3C6)(C(=O)OC3C5CC6CC(C5)CC3C6)CC4C2)cc1. The second kappa shape index (κ2) is 11.6. The molecule has 2 aromatic carbocycles. The Balaban J connectivity index is 1.00. The van der Waals surface area contributed by atoms with Gasteiger partial charge in [-0.1, -0.05) is 35.9 Å². The Bertz CT molecular complexity index is 1850. The molecular formula is C44H54N2O6S. The van der Waals surface area contributed by atoms with Crippen LogP contribution in [0.2, 0.25) is 0 Å². The van der Waals surface area contributed by atoms with E-state index in [2.05, 4.69) is 23.1 Å². The number of hydrogen-bond donors (Lipinski definition) is 0. The lowest BCUT2D eigenvalue weighted by Gasteiger charge is -2.54. The van der Waals surface area contributed by atoms with Crippen LogP contribution in [-0.2, 0) is 34.5 Å². The van der Waals surface area contributed by atoms with E-state index in [1.165, 1.54) is 12.8 Å². The zero-order chi connectivity index (χ0) is 36.0. The number of benzene rings is 2. The first-order valence-electron chi connectivity index (χ1n) is 20.9. The lowest BCUT2D eigenvalue weighted by molar-refractivity contribution is -0.200. The number of nitrogens with zero attached hydrogens (tertiary/aromatic N) is 2. The van der Waals surface area contributed by atoms with Crippen molar-refractivity contribution in [2.75, 3.05) is 25.0 Å². The summed E-state index contributed by atoms with van der Waals surface area (Å²) in [5.74, 6) is 3.29. The first-order valence-corrected chi connectivity index (χ1v) is 22.3. The van der Waals surface area contributed by atoms with Gasteiger partial charge in [0.2, 0.25) is 10.0 Å². The van der Waals surface area contributed by atoms with Crippen LogP contribution in [0, 0.1) is 65.6 Å². The molecule has 9 saturated carbocycles. The average Bonchev–Trinajstić information content (AvgIpc) is 3.59. The Morgan fingerprint density at radius 2 is 1.23 bits per heavy atom. The van der Waals surface area contributed by atoms with Gasteiger partial charge in [0, 0.05) is 31.2 Å². The molecule has 13 rings (SSSR count). The smallest absolute Gasteiger partial charge is 0.325 e. The number of fused-ring (bicyclic) bond motifs is 1. The molecule has 1 saturated heterocycles. The van der Waals surface area contributed by atoms with Crippen molar-refractivity contribution in [1.82, 2.24) is 4.31 Å². The molecule has 0 N–H and O–H groups in total. The van der Waals surface area contributed by atoms with Gasteiger partial charge in [0.25, 0.3) is 0 Å². The standard InChI is InChI=1S/C44H54N2O6S/c1-25-7-9-35(10-8-25)53(49,50)46-12-11-43-34(24-46)23-44(40(43)45(2)37-6-4-3-5-36(37)43,41(47)51-38-30-15-26-13-27(17-30)18-31(38)16-26)42(48)52-39-32-19-28-14-29(21-32)22-33(39)20-28/h3-10,26-34,38-40H,11-24H2,1-2H3. The minimum atomic E-state index is -3.80. The molecule has 9 aliphatic carbocycles. The van der Waals surface area contributed by atoms with Crippen LogP contribution >= 0.6 is 0 Å². The summed E-state index contributed by atoms with van der Waals surface area (Å²) in [6.45, 7) is 2.52. The average molecular weight is 739 g/mol. The lowest BCUT2D eigenvalue weighted by atomic mass is 9.55. The van der Waals surface area contributed by atoms with Gasteiger partial charge in [-0.2, -0.15) is 4.31 Å². The third kappa shape index (κ3) is 4.64. The highest BCUT2D eigenvalue weighted by Crippen LogP contribution is 2.67. The molecule has 1 spiro atoms. The van der Waals surface area contributed by atoms with E-state index in [1.807, 2.05) is 32.2 Å². The summed E-state index contributed by atoms with van der Waals surface area (Å²) in [6.07, 6.45) is 12.0. The van der Waals surface area contributed by atoms with Gasteiger partial charge in [-0.05, 0) is 161 Å². The summed E-state index contributed by atoms with van der Waals surface area (Å²) < 4.78 is 43.9. The fourth-order valence-corrected chi connectivity index (χ4v) is 16.7. The van der Waals surface area contributed by atoms with E-state index in [4.69, 9.17) is 9.47 Å². The van der Waals surface area contributed by atoms with Crippen molar-refractivity contribution in [3.63, 3.8) is 0 Å². The second-order valence-electron chi connectivity index (χ2n) is 19.5. The number of para-hydroxylation sites is 1. The number of aryl methyl sites for hydroxylation is 1. The van der Waals surface area contributed by atoms with Crippen molar-refractivity contribution in [2.24, 2.45) is 58.7 Å². The first-order chi connectivity index (χ1) is 25.5. The van der Waals surface area contributed by atoms with Crippen molar-refractivity contribution in [3.8, 4) is 0 Å². The minimum absolute atomic E-state index is 0.160. The van der Waals surface area contributed by atoms with Gasteiger partial charge >= 0.3 is 11.9 Å². The van der Waals surface area contributed by atoms with E-state index in [0.717, 1.165) is 91.9 Å². The minimum Gasteiger partial charge on any atom is -0.461 e. The Hall–Kier alpha value is -2.91.